The number of nitrogens with one attached hydrogen (secondary N) is 2. The first kappa shape index (κ1) is 21.2. The third kappa shape index (κ3) is 7.33. The van der Waals surface area contributed by atoms with Crippen molar-refractivity contribution in [3.05, 3.63) is 0 Å². The molecule has 0 saturated heterocycles. The third-order valence-corrected chi connectivity index (χ3v) is 3.74. The molecule has 7 N–H and O–H groups in total. The molecule has 0 aromatic heterocycles. The lowest BCUT2D eigenvalue weighted by molar-refractivity contribution is -0.143. The minimum absolute atomic E-state index is 0.0430. The van der Waals surface area contributed by atoms with Crippen LogP contribution in [0.4, 0.5) is 0 Å². The van der Waals surface area contributed by atoms with Crippen molar-refractivity contribution in [3.8, 4) is 0 Å². The van der Waals surface area contributed by atoms with Crippen molar-refractivity contribution in [2.24, 2.45) is 17.4 Å². The van der Waals surface area contributed by atoms with E-state index in [-0.39, 0.29) is 11.7 Å². The van der Waals surface area contributed by atoms with Gasteiger partial charge < -0.3 is 27.2 Å². The first-order valence-electron chi connectivity index (χ1n) is 7.12. The number of carboxylic acids is 1. The fourth-order valence-electron chi connectivity index (χ4n) is 1.71. The Balaban J connectivity index is 5.08. The van der Waals surface area contributed by atoms with Gasteiger partial charge in [-0.3, -0.25) is 14.4 Å². The molecule has 0 radical (unpaired) electrons. The molecule has 132 valence electrons. The van der Waals surface area contributed by atoms with Crippen molar-refractivity contribution >= 4 is 36.3 Å². The van der Waals surface area contributed by atoms with E-state index in [4.69, 9.17) is 11.5 Å². The smallest absolute Gasteiger partial charge is 0.326 e. The van der Waals surface area contributed by atoms with Gasteiger partial charge in [-0.05, 0) is 5.92 Å². The number of hydrogen-bond donors (Lipinski definition) is 6. The fourth-order valence-corrected chi connectivity index (χ4v) is 1.87. The molecule has 0 heterocycles. The topological polar surface area (TPSA) is 165 Å². The first-order valence-corrected chi connectivity index (χ1v) is 7.75. The standard InChI is InChI=1S/C13H24N4O5S/c1-3-6(2)10(13(21)22)17-12(20)8(4-9(15)18)16-11(19)7(14)5-23/h6-8,10,23H,3-5,14H2,1-2H3,(H2,15,18)(H,16,19)(H,17,20)(H,21,22)/t6-,7-,8-,10-/m0/s1. The zero-order valence-electron chi connectivity index (χ0n) is 13.1. The van der Waals surface area contributed by atoms with Gasteiger partial charge in [0.05, 0.1) is 12.5 Å². The molecule has 0 aliphatic rings. The lowest BCUT2D eigenvalue weighted by Crippen LogP contribution is -2.56. The molecule has 0 bridgehead atoms. The molecule has 0 rings (SSSR count). The molecule has 9 nitrogen and oxygen atoms in total. The van der Waals surface area contributed by atoms with Gasteiger partial charge >= 0.3 is 5.97 Å². The Morgan fingerprint density at radius 2 is 1.74 bits per heavy atom. The van der Waals surface area contributed by atoms with Crippen LogP contribution in [0, 0.1) is 5.92 Å². The number of carbonyl (C=O) groups is 4. The average Bonchev–Trinajstić information content (AvgIpc) is 2.48. The summed E-state index contributed by atoms with van der Waals surface area (Å²) in [7, 11) is 0. The van der Waals surface area contributed by atoms with Gasteiger partial charge in [-0.2, -0.15) is 12.6 Å². The summed E-state index contributed by atoms with van der Waals surface area (Å²) in [6.07, 6.45) is 0.0539. The molecule has 23 heavy (non-hydrogen) atoms. The highest BCUT2D eigenvalue weighted by molar-refractivity contribution is 7.80. The number of amides is 3. The van der Waals surface area contributed by atoms with Gasteiger partial charge in [0.1, 0.15) is 12.1 Å². The molecule has 0 aromatic rings. The summed E-state index contributed by atoms with van der Waals surface area (Å²) < 4.78 is 0. The number of carboxylic acid groups (broad SMARTS) is 1. The van der Waals surface area contributed by atoms with E-state index in [1.807, 2.05) is 0 Å². The number of hydrogen-bond acceptors (Lipinski definition) is 6. The van der Waals surface area contributed by atoms with Crippen LogP contribution in [0.25, 0.3) is 0 Å². The van der Waals surface area contributed by atoms with E-state index in [1.165, 1.54) is 0 Å². The Labute approximate surface area is 139 Å². The Kier molecular flexibility index (Phi) is 9.27. The Hall–Kier alpha value is -1.81. The van der Waals surface area contributed by atoms with Crippen LogP contribution >= 0.6 is 12.6 Å². The molecule has 0 fully saturated rings. The van der Waals surface area contributed by atoms with Crippen molar-refractivity contribution in [3.63, 3.8) is 0 Å². The van der Waals surface area contributed by atoms with E-state index in [2.05, 4.69) is 23.3 Å². The summed E-state index contributed by atoms with van der Waals surface area (Å²) >= 11 is 3.87. The summed E-state index contributed by atoms with van der Waals surface area (Å²) in [5.41, 5.74) is 10.5. The predicted molar refractivity (Wildman–Crippen MR) is 86.6 cm³/mol. The van der Waals surface area contributed by atoms with Crippen LogP contribution in [-0.2, 0) is 19.2 Å². The van der Waals surface area contributed by atoms with Crippen LogP contribution in [0.3, 0.4) is 0 Å². The number of carbonyl (C=O) groups excluding carboxylic acids is 3. The van der Waals surface area contributed by atoms with E-state index in [1.54, 1.807) is 13.8 Å². The van der Waals surface area contributed by atoms with Gasteiger partial charge in [0.2, 0.25) is 17.7 Å². The number of rotatable bonds is 10. The van der Waals surface area contributed by atoms with Crippen molar-refractivity contribution in [2.45, 2.75) is 44.8 Å². The normalized spacial score (nSPS) is 15.8. The Bertz CT molecular complexity index is 460. The maximum atomic E-state index is 12.2. The molecule has 0 saturated carbocycles. The zero-order valence-corrected chi connectivity index (χ0v) is 14.0. The maximum Gasteiger partial charge on any atom is 0.326 e. The number of aliphatic carboxylic acids is 1. The lowest BCUT2D eigenvalue weighted by Gasteiger charge is -2.24. The molecule has 0 unspecified atom stereocenters. The third-order valence-electron chi connectivity index (χ3n) is 3.35. The zero-order chi connectivity index (χ0) is 18.2. The van der Waals surface area contributed by atoms with Gasteiger partial charge in [0.15, 0.2) is 0 Å². The lowest BCUT2D eigenvalue weighted by atomic mass is 9.98. The van der Waals surface area contributed by atoms with Crippen molar-refractivity contribution in [2.75, 3.05) is 5.75 Å². The molecule has 0 spiro atoms. The van der Waals surface area contributed by atoms with E-state index in [0.717, 1.165) is 0 Å². The van der Waals surface area contributed by atoms with Crippen molar-refractivity contribution < 1.29 is 24.3 Å². The second-order valence-corrected chi connectivity index (χ2v) is 5.60. The summed E-state index contributed by atoms with van der Waals surface area (Å²) in [5.74, 6) is -3.81. The fraction of sp³-hybridized carbons (Fsp3) is 0.692. The maximum absolute atomic E-state index is 12.2. The monoisotopic (exact) mass is 348 g/mol. The van der Waals surface area contributed by atoms with E-state index >= 15 is 0 Å². The molecular weight excluding hydrogens is 324 g/mol. The average molecular weight is 348 g/mol. The minimum atomic E-state index is -1.29. The molecule has 4 atom stereocenters. The Morgan fingerprint density at radius 3 is 2.13 bits per heavy atom. The largest absolute Gasteiger partial charge is 0.480 e. The van der Waals surface area contributed by atoms with Gasteiger partial charge in [-0.1, -0.05) is 20.3 Å². The van der Waals surface area contributed by atoms with Crippen LogP contribution in [0.1, 0.15) is 26.7 Å². The van der Waals surface area contributed by atoms with Crippen LogP contribution in [0.15, 0.2) is 0 Å². The van der Waals surface area contributed by atoms with E-state index in [9.17, 15) is 24.3 Å². The number of nitrogens with two attached hydrogens (primary N) is 2. The highest BCUT2D eigenvalue weighted by atomic mass is 32.1. The van der Waals surface area contributed by atoms with E-state index < -0.39 is 48.2 Å². The number of primary amides is 1. The Morgan fingerprint density at radius 1 is 1.17 bits per heavy atom. The summed E-state index contributed by atoms with van der Waals surface area (Å²) in [4.78, 5) is 46.3. The van der Waals surface area contributed by atoms with Crippen molar-refractivity contribution in [1.29, 1.82) is 0 Å². The molecule has 3 amide bonds. The van der Waals surface area contributed by atoms with Crippen LogP contribution in [-0.4, -0.2) is 52.7 Å². The summed E-state index contributed by atoms with van der Waals surface area (Å²) in [6.45, 7) is 3.44. The molecule has 0 aromatic carbocycles. The minimum Gasteiger partial charge on any atom is -0.480 e. The van der Waals surface area contributed by atoms with Gasteiger partial charge in [0, 0.05) is 5.75 Å². The molecule has 10 heteroatoms. The highest BCUT2D eigenvalue weighted by Crippen LogP contribution is 2.08. The summed E-state index contributed by atoms with van der Waals surface area (Å²) in [5, 5.41) is 13.8. The van der Waals surface area contributed by atoms with Crippen LogP contribution in [0.5, 0.6) is 0 Å². The van der Waals surface area contributed by atoms with Crippen LogP contribution < -0.4 is 22.1 Å². The highest BCUT2D eigenvalue weighted by Gasteiger charge is 2.31. The molecule has 0 aliphatic carbocycles. The molecular formula is C13H24N4O5S. The quantitative estimate of drug-likeness (QED) is 0.255. The second kappa shape index (κ2) is 10.1. The van der Waals surface area contributed by atoms with Crippen LogP contribution in [0.2, 0.25) is 0 Å². The second-order valence-electron chi connectivity index (χ2n) is 5.23. The van der Waals surface area contributed by atoms with Gasteiger partial charge in [0.25, 0.3) is 0 Å². The SMILES string of the molecule is CC[C@H](C)[C@H](NC(=O)[C@H](CC(N)=O)NC(=O)[C@@H](N)CS)C(=O)O. The van der Waals surface area contributed by atoms with Gasteiger partial charge in [-0.25, -0.2) is 4.79 Å². The number of thiol groups is 1. The van der Waals surface area contributed by atoms with E-state index in [0.29, 0.717) is 6.42 Å². The first-order chi connectivity index (χ1) is 10.6. The molecule has 0 aliphatic heterocycles. The van der Waals surface area contributed by atoms with Gasteiger partial charge in [-0.15, -0.1) is 0 Å². The summed E-state index contributed by atoms with van der Waals surface area (Å²) in [6, 6.07) is -3.40. The predicted octanol–water partition coefficient (Wildman–Crippen LogP) is -1.78. The van der Waals surface area contributed by atoms with Crippen molar-refractivity contribution in [1.82, 2.24) is 10.6 Å².